The predicted molar refractivity (Wildman–Crippen MR) is 52.6 cm³/mol. The Labute approximate surface area is 87.9 Å². The number of carboxylic acid groups (broad SMARTS) is 1. The standard InChI is InChI=1S/C9H15NO5/c1-3-5-15-9(13)10-7(8(11)12)4-6-14-2/h3,7H,1,4-6H2,2H3,(H,10,13)(H,11,12). The summed E-state index contributed by atoms with van der Waals surface area (Å²) in [6, 6.07) is -0.998. The maximum absolute atomic E-state index is 11.0. The number of aliphatic carboxylic acids is 1. The van der Waals surface area contributed by atoms with Gasteiger partial charge in [0.1, 0.15) is 12.6 Å². The molecule has 15 heavy (non-hydrogen) atoms. The minimum atomic E-state index is -1.12. The molecule has 0 heterocycles. The fourth-order valence-corrected chi connectivity index (χ4v) is 0.812. The number of carboxylic acids is 1. The zero-order valence-electron chi connectivity index (χ0n) is 8.56. The molecule has 0 fully saturated rings. The lowest BCUT2D eigenvalue weighted by Gasteiger charge is -2.13. The molecule has 0 aromatic heterocycles. The Hall–Kier alpha value is -1.56. The van der Waals surface area contributed by atoms with E-state index in [1.165, 1.54) is 13.2 Å². The van der Waals surface area contributed by atoms with Crippen molar-refractivity contribution < 1.29 is 24.2 Å². The van der Waals surface area contributed by atoms with Gasteiger partial charge in [-0.2, -0.15) is 0 Å². The van der Waals surface area contributed by atoms with Crippen LogP contribution in [0, 0.1) is 0 Å². The summed E-state index contributed by atoms with van der Waals surface area (Å²) in [6.45, 7) is 3.65. The molecule has 6 heteroatoms. The molecule has 0 rings (SSSR count). The molecule has 1 amide bonds. The Balaban J connectivity index is 3.98. The fraction of sp³-hybridized carbons (Fsp3) is 0.556. The van der Waals surface area contributed by atoms with Gasteiger partial charge >= 0.3 is 12.1 Å². The van der Waals surface area contributed by atoms with Gasteiger partial charge in [-0.05, 0) is 0 Å². The molecule has 1 atom stereocenters. The van der Waals surface area contributed by atoms with Crippen molar-refractivity contribution >= 4 is 12.1 Å². The number of methoxy groups -OCH3 is 1. The quantitative estimate of drug-likeness (QED) is 0.602. The lowest BCUT2D eigenvalue weighted by molar-refractivity contribution is -0.139. The molecule has 0 radical (unpaired) electrons. The summed E-state index contributed by atoms with van der Waals surface area (Å²) >= 11 is 0. The molecular formula is C9H15NO5. The van der Waals surface area contributed by atoms with Crippen LogP contribution in [0.15, 0.2) is 12.7 Å². The summed E-state index contributed by atoms with van der Waals surface area (Å²) < 4.78 is 9.29. The third-order valence-corrected chi connectivity index (χ3v) is 1.53. The zero-order valence-corrected chi connectivity index (χ0v) is 8.56. The number of carbonyl (C=O) groups is 2. The van der Waals surface area contributed by atoms with Crippen molar-refractivity contribution in [3.63, 3.8) is 0 Å². The first-order chi connectivity index (χ1) is 7.11. The molecule has 0 saturated carbocycles. The Morgan fingerprint density at radius 1 is 1.60 bits per heavy atom. The first-order valence-corrected chi connectivity index (χ1v) is 4.37. The van der Waals surface area contributed by atoms with E-state index in [-0.39, 0.29) is 19.6 Å². The van der Waals surface area contributed by atoms with E-state index in [1.807, 2.05) is 0 Å². The third kappa shape index (κ3) is 6.50. The first kappa shape index (κ1) is 13.4. The number of ether oxygens (including phenoxy) is 2. The minimum Gasteiger partial charge on any atom is -0.480 e. The van der Waals surface area contributed by atoms with Gasteiger partial charge in [-0.3, -0.25) is 0 Å². The van der Waals surface area contributed by atoms with Crippen LogP contribution in [-0.4, -0.2) is 43.5 Å². The molecule has 0 spiro atoms. The summed E-state index contributed by atoms with van der Waals surface area (Å²) in [5.74, 6) is -1.12. The first-order valence-electron chi connectivity index (χ1n) is 4.37. The van der Waals surface area contributed by atoms with Crippen molar-refractivity contribution in [1.29, 1.82) is 0 Å². The SMILES string of the molecule is C=CCOC(=O)NC(CCOC)C(=O)O. The molecule has 86 valence electrons. The fourth-order valence-electron chi connectivity index (χ4n) is 0.812. The smallest absolute Gasteiger partial charge is 0.408 e. The van der Waals surface area contributed by atoms with Crippen molar-refractivity contribution in [3.05, 3.63) is 12.7 Å². The van der Waals surface area contributed by atoms with Gasteiger partial charge in [0.25, 0.3) is 0 Å². The Bertz CT molecular complexity index is 229. The highest BCUT2D eigenvalue weighted by atomic mass is 16.5. The zero-order chi connectivity index (χ0) is 11.7. The monoisotopic (exact) mass is 217 g/mol. The van der Waals surface area contributed by atoms with Gasteiger partial charge in [0, 0.05) is 20.1 Å². The van der Waals surface area contributed by atoms with E-state index in [2.05, 4.69) is 16.6 Å². The van der Waals surface area contributed by atoms with Crippen molar-refractivity contribution in [2.75, 3.05) is 20.3 Å². The Morgan fingerprint density at radius 2 is 2.27 bits per heavy atom. The second-order valence-corrected chi connectivity index (χ2v) is 2.70. The largest absolute Gasteiger partial charge is 0.480 e. The van der Waals surface area contributed by atoms with Gasteiger partial charge in [0.15, 0.2) is 0 Å². The molecule has 0 aliphatic carbocycles. The number of rotatable bonds is 7. The van der Waals surface area contributed by atoms with Crippen LogP contribution in [0.3, 0.4) is 0 Å². The van der Waals surface area contributed by atoms with E-state index < -0.39 is 18.1 Å². The van der Waals surface area contributed by atoms with Crippen LogP contribution in [0.2, 0.25) is 0 Å². The van der Waals surface area contributed by atoms with E-state index in [0.29, 0.717) is 0 Å². The van der Waals surface area contributed by atoms with Crippen LogP contribution in [0.5, 0.6) is 0 Å². The lowest BCUT2D eigenvalue weighted by atomic mass is 10.2. The number of amides is 1. The minimum absolute atomic E-state index is 0.0441. The van der Waals surface area contributed by atoms with Crippen molar-refractivity contribution in [2.24, 2.45) is 0 Å². The van der Waals surface area contributed by atoms with Crippen LogP contribution in [0.4, 0.5) is 4.79 Å². The van der Waals surface area contributed by atoms with E-state index in [1.54, 1.807) is 0 Å². The predicted octanol–water partition coefficient (Wildman–Crippen LogP) is 0.388. The van der Waals surface area contributed by atoms with E-state index >= 15 is 0 Å². The van der Waals surface area contributed by atoms with Gasteiger partial charge in [0.2, 0.25) is 0 Å². The van der Waals surface area contributed by atoms with Gasteiger partial charge in [-0.15, -0.1) is 0 Å². The molecule has 2 N–H and O–H groups in total. The Kier molecular flexibility index (Phi) is 7.00. The molecule has 0 aromatic rings. The maximum Gasteiger partial charge on any atom is 0.408 e. The summed E-state index contributed by atoms with van der Waals surface area (Å²) in [6.07, 6.45) is 0.804. The maximum atomic E-state index is 11.0. The molecule has 6 nitrogen and oxygen atoms in total. The highest BCUT2D eigenvalue weighted by molar-refractivity contribution is 5.79. The van der Waals surface area contributed by atoms with Crippen LogP contribution < -0.4 is 5.32 Å². The molecule has 0 aliphatic rings. The molecule has 0 aromatic carbocycles. The van der Waals surface area contributed by atoms with Crippen molar-refractivity contribution in [2.45, 2.75) is 12.5 Å². The Morgan fingerprint density at radius 3 is 2.73 bits per heavy atom. The summed E-state index contributed by atoms with van der Waals surface area (Å²) in [5.41, 5.74) is 0. The van der Waals surface area contributed by atoms with Gasteiger partial charge in [-0.1, -0.05) is 12.7 Å². The van der Waals surface area contributed by atoms with Gasteiger partial charge in [0.05, 0.1) is 0 Å². The number of hydrogen-bond acceptors (Lipinski definition) is 4. The van der Waals surface area contributed by atoms with E-state index in [0.717, 1.165) is 0 Å². The van der Waals surface area contributed by atoms with Gasteiger partial charge < -0.3 is 19.9 Å². The molecule has 0 saturated heterocycles. The van der Waals surface area contributed by atoms with Crippen LogP contribution in [-0.2, 0) is 14.3 Å². The number of hydrogen-bond donors (Lipinski definition) is 2. The molecule has 0 aliphatic heterocycles. The summed E-state index contributed by atoms with van der Waals surface area (Å²) in [7, 11) is 1.45. The third-order valence-electron chi connectivity index (χ3n) is 1.53. The second-order valence-electron chi connectivity index (χ2n) is 2.70. The molecule has 0 bridgehead atoms. The summed E-state index contributed by atoms with van der Waals surface area (Å²) in [5, 5.41) is 10.9. The van der Waals surface area contributed by atoms with Crippen molar-refractivity contribution in [1.82, 2.24) is 5.32 Å². The molecule has 1 unspecified atom stereocenters. The van der Waals surface area contributed by atoms with Gasteiger partial charge in [-0.25, -0.2) is 9.59 Å². The van der Waals surface area contributed by atoms with E-state index in [9.17, 15) is 9.59 Å². The van der Waals surface area contributed by atoms with Crippen LogP contribution >= 0.6 is 0 Å². The number of carbonyl (C=O) groups excluding carboxylic acids is 1. The summed E-state index contributed by atoms with van der Waals surface area (Å²) in [4.78, 5) is 21.7. The van der Waals surface area contributed by atoms with Crippen molar-refractivity contribution in [3.8, 4) is 0 Å². The number of alkyl carbamates (subject to hydrolysis) is 1. The molecular weight excluding hydrogens is 202 g/mol. The average molecular weight is 217 g/mol. The average Bonchev–Trinajstić information content (AvgIpc) is 2.20. The number of nitrogens with one attached hydrogen (secondary N) is 1. The topological polar surface area (TPSA) is 84.9 Å². The van der Waals surface area contributed by atoms with E-state index in [4.69, 9.17) is 9.84 Å². The normalized spacial score (nSPS) is 11.5. The lowest BCUT2D eigenvalue weighted by Crippen LogP contribution is -2.41. The highest BCUT2D eigenvalue weighted by Gasteiger charge is 2.19. The van der Waals surface area contributed by atoms with Crippen LogP contribution in [0.25, 0.3) is 0 Å². The highest BCUT2D eigenvalue weighted by Crippen LogP contribution is 1.94. The van der Waals surface area contributed by atoms with Crippen LogP contribution in [0.1, 0.15) is 6.42 Å². The second kappa shape index (κ2) is 7.81.